The Kier molecular flexibility index (Phi) is 5.95. The van der Waals surface area contributed by atoms with E-state index in [2.05, 4.69) is 15.3 Å². The number of fused-ring (bicyclic) bond motifs is 1. The molecule has 4 atom stereocenters. The summed E-state index contributed by atoms with van der Waals surface area (Å²) in [4.78, 5) is 22.0. The van der Waals surface area contributed by atoms with Gasteiger partial charge in [0.25, 0.3) is 5.91 Å². The Morgan fingerprint density at radius 2 is 2.03 bits per heavy atom. The molecule has 0 spiro atoms. The highest BCUT2D eigenvalue weighted by Crippen LogP contribution is 2.38. The number of aliphatic hydroxyl groups is 3. The van der Waals surface area contributed by atoms with Gasteiger partial charge in [-0.3, -0.25) is 4.79 Å². The molecule has 10 nitrogen and oxygen atoms in total. The molecule has 1 amide bonds. The minimum atomic E-state index is -1.12. The summed E-state index contributed by atoms with van der Waals surface area (Å²) in [5, 5.41) is 33.8. The van der Waals surface area contributed by atoms with Crippen molar-refractivity contribution < 1.29 is 24.5 Å². The van der Waals surface area contributed by atoms with Crippen molar-refractivity contribution in [2.75, 3.05) is 31.8 Å². The van der Waals surface area contributed by atoms with Gasteiger partial charge < -0.3 is 35.7 Å². The number of hydrogen-bond acceptors (Lipinski definition) is 9. The number of aromatic nitrogens is 2. The molecule has 0 aliphatic heterocycles. The first-order valence-electron chi connectivity index (χ1n) is 10.0. The zero-order chi connectivity index (χ0) is 23.2. The number of nitrogens with zero attached hydrogens (tertiary/aromatic N) is 3. The average molecular weight is 462 g/mol. The predicted octanol–water partition coefficient (Wildman–Crippen LogP) is 1.34. The first-order valence-corrected chi connectivity index (χ1v) is 10.4. The van der Waals surface area contributed by atoms with Crippen molar-refractivity contribution in [3.8, 4) is 11.3 Å². The zero-order valence-electron chi connectivity index (χ0n) is 17.5. The predicted molar refractivity (Wildman–Crippen MR) is 119 cm³/mol. The minimum absolute atomic E-state index is 0.0374. The lowest BCUT2D eigenvalue weighted by atomic mass is 10.1. The van der Waals surface area contributed by atoms with Crippen LogP contribution in [0.1, 0.15) is 16.8 Å². The number of nitrogens with two attached hydrogens (primary N) is 1. The molecular weight excluding hydrogens is 438 g/mol. The van der Waals surface area contributed by atoms with Crippen molar-refractivity contribution in [2.24, 2.45) is 5.92 Å². The van der Waals surface area contributed by atoms with Gasteiger partial charge in [-0.1, -0.05) is 17.7 Å². The largest absolute Gasteiger partial charge is 0.456 e. The van der Waals surface area contributed by atoms with E-state index in [1.54, 1.807) is 38.4 Å². The van der Waals surface area contributed by atoms with Crippen molar-refractivity contribution in [3.63, 3.8) is 0 Å². The lowest BCUT2D eigenvalue weighted by molar-refractivity contribution is 0.00446. The third-order valence-corrected chi connectivity index (χ3v) is 5.93. The van der Waals surface area contributed by atoms with Crippen LogP contribution in [0, 0.1) is 5.92 Å². The summed E-state index contributed by atoms with van der Waals surface area (Å²) in [5.74, 6) is -0.148. The van der Waals surface area contributed by atoms with Gasteiger partial charge in [-0.25, -0.2) is 4.98 Å². The second kappa shape index (κ2) is 8.55. The molecule has 6 N–H and O–H groups in total. The number of furan rings is 1. The highest BCUT2D eigenvalue weighted by atomic mass is 35.5. The molecule has 0 bridgehead atoms. The van der Waals surface area contributed by atoms with Crippen molar-refractivity contribution in [1.29, 1.82) is 0 Å². The Hall–Kier alpha value is -2.92. The van der Waals surface area contributed by atoms with Crippen molar-refractivity contribution in [2.45, 2.75) is 24.7 Å². The molecule has 0 radical (unpaired) electrons. The normalized spacial score (nSPS) is 22.9. The molecule has 2 aromatic heterocycles. The smallest absolute Gasteiger partial charge is 0.253 e. The third-order valence-electron chi connectivity index (χ3n) is 5.66. The van der Waals surface area contributed by atoms with Crippen LogP contribution in [0.15, 0.2) is 28.7 Å². The number of nitrogen functional groups attached to an aromatic ring is 1. The minimum Gasteiger partial charge on any atom is -0.456 e. The van der Waals surface area contributed by atoms with Crippen LogP contribution in [-0.2, 0) is 0 Å². The number of rotatable bonds is 5. The number of carbonyl (C=O) groups excluding carboxylic acids is 1. The van der Waals surface area contributed by atoms with Crippen LogP contribution >= 0.6 is 11.6 Å². The van der Waals surface area contributed by atoms with Gasteiger partial charge in [0.15, 0.2) is 0 Å². The molecule has 1 fully saturated rings. The lowest BCUT2D eigenvalue weighted by Gasteiger charge is -2.20. The SMILES string of the molecule is CN(C)C(=O)c1ccc2cc(-c3c(Cl)nc(N)nc3N[C@@H]3C[C@H](CO)[C@@H](O)[C@H]3O)oc2c1. The van der Waals surface area contributed by atoms with Crippen LogP contribution in [0.25, 0.3) is 22.3 Å². The fourth-order valence-corrected chi connectivity index (χ4v) is 4.21. The van der Waals surface area contributed by atoms with Crippen LogP contribution in [0.4, 0.5) is 11.8 Å². The number of amides is 1. The van der Waals surface area contributed by atoms with Gasteiger partial charge in [-0.2, -0.15) is 4.98 Å². The molecule has 1 aliphatic carbocycles. The fraction of sp³-hybridized carbons (Fsp3) is 0.381. The molecule has 4 rings (SSSR count). The second-order valence-electron chi connectivity index (χ2n) is 8.07. The van der Waals surface area contributed by atoms with E-state index in [1.807, 2.05) is 0 Å². The maximum atomic E-state index is 12.3. The molecule has 0 unspecified atom stereocenters. The zero-order valence-corrected chi connectivity index (χ0v) is 18.2. The molecule has 1 saturated carbocycles. The fourth-order valence-electron chi connectivity index (χ4n) is 3.94. The lowest BCUT2D eigenvalue weighted by Crippen LogP contribution is -2.35. The maximum Gasteiger partial charge on any atom is 0.253 e. The molecule has 0 saturated heterocycles. The molecule has 11 heteroatoms. The summed E-state index contributed by atoms with van der Waals surface area (Å²) in [7, 11) is 3.33. The van der Waals surface area contributed by atoms with Gasteiger partial charge in [0.2, 0.25) is 5.95 Å². The molecule has 2 heterocycles. The van der Waals surface area contributed by atoms with E-state index >= 15 is 0 Å². The van der Waals surface area contributed by atoms with Gasteiger partial charge in [-0.05, 0) is 24.6 Å². The van der Waals surface area contributed by atoms with Crippen LogP contribution in [0.3, 0.4) is 0 Å². The van der Waals surface area contributed by atoms with Gasteiger partial charge in [0.1, 0.15) is 28.4 Å². The highest BCUT2D eigenvalue weighted by molar-refractivity contribution is 6.32. The summed E-state index contributed by atoms with van der Waals surface area (Å²) in [6.45, 7) is -0.256. The number of nitrogens with one attached hydrogen (secondary N) is 1. The van der Waals surface area contributed by atoms with E-state index < -0.39 is 24.2 Å². The Balaban J connectivity index is 1.74. The number of halogens is 1. The Bertz CT molecular complexity index is 1170. The number of carbonyl (C=O) groups is 1. The van der Waals surface area contributed by atoms with Crippen LogP contribution in [0.5, 0.6) is 0 Å². The number of anilines is 2. The summed E-state index contributed by atoms with van der Waals surface area (Å²) in [5.41, 5.74) is 7.05. The summed E-state index contributed by atoms with van der Waals surface area (Å²) in [6.07, 6.45) is -1.88. The van der Waals surface area contributed by atoms with E-state index in [4.69, 9.17) is 21.8 Å². The Labute approximate surface area is 188 Å². The topological polar surface area (TPSA) is 158 Å². The average Bonchev–Trinajstić information content (AvgIpc) is 3.27. The van der Waals surface area contributed by atoms with Crippen LogP contribution in [-0.4, -0.2) is 75.0 Å². The maximum absolute atomic E-state index is 12.3. The van der Waals surface area contributed by atoms with Crippen molar-refractivity contribution >= 4 is 40.2 Å². The molecule has 1 aliphatic rings. The summed E-state index contributed by atoms with van der Waals surface area (Å²) >= 11 is 6.38. The van der Waals surface area contributed by atoms with Gasteiger partial charge >= 0.3 is 0 Å². The third kappa shape index (κ3) is 3.97. The van der Waals surface area contributed by atoms with Gasteiger partial charge in [0, 0.05) is 37.6 Å². The number of benzene rings is 1. The van der Waals surface area contributed by atoms with Crippen molar-refractivity contribution in [1.82, 2.24) is 14.9 Å². The van der Waals surface area contributed by atoms with Gasteiger partial charge in [0.05, 0.1) is 17.7 Å². The van der Waals surface area contributed by atoms with E-state index in [0.717, 1.165) is 5.39 Å². The molecular formula is C21H24ClN5O5. The quantitative estimate of drug-likeness (QED) is 0.353. The Morgan fingerprint density at radius 1 is 1.28 bits per heavy atom. The van der Waals surface area contributed by atoms with Crippen molar-refractivity contribution in [3.05, 3.63) is 35.0 Å². The first-order chi connectivity index (χ1) is 15.2. The molecule has 32 heavy (non-hydrogen) atoms. The summed E-state index contributed by atoms with van der Waals surface area (Å²) < 4.78 is 5.97. The molecule has 1 aromatic carbocycles. The number of aliphatic hydroxyl groups excluding tert-OH is 3. The number of hydrogen-bond donors (Lipinski definition) is 5. The highest BCUT2D eigenvalue weighted by Gasteiger charge is 2.41. The monoisotopic (exact) mass is 461 g/mol. The van der Waals surface area contributed by atoms with E-state index in [-0.39, 0.29) is 29.4 Å². The van der Waals surface area contributed by atoms with E-state index in [1.165, 1.54) is 4.90 Å². The summed E-state index contributed by atoms with van der Waals surface area (Å²) in [6, 6.07) is 6.25. The van der Waals surface area contributed by atoms with Crippen LogP contribution in [0.2, 0.25) is 5.15 Å². The van der Waals surface area contributed by atoms with E-state index in [9.17, 15) is 20.1 Å². The van der Waals surface area contributed by atoms with Gasteiger partial charge in [-0.15, -0.1) is 0 Å². The van der Waals surface area contributed by atoms with Crippen LogP contribution < -0.4 is 11.1 Å². The van der Waals surface area contributed by atoms with E-state index in [0.29, 0.717) is 28.9 Å². The molecule has 3 aromatic rings. The first kappa shape index (κ1) is 22.3. The standard InChI is InChI=1S/C21H24ClN5O5/c1-27(2)20(31)10-4-3-9-6-14(32-13(9)7-10)15-18(22)25-21(23)26-19(15)24-12-5-11(8-28)16(29)17(12)30/h3-4,6-7,11-12,16-17,28-30H,5,8H2,1-2H3,(H3,23,24,25,26)/t11-,12-,16-,17+/m1/s1. The molecule has 170 valence electrons. The second-order valence-corrected chi connectivity index (χ2v) is 8.43. The Morgan fingerprint density at radius 3 is 2.69 bits per heavy atom.